The molecule has 6 heteroatoms. The highest BCUT2D eigenvalue weighted by atomic mass is 16.4. The summed E-state index contributed by atoms with van der Waals surface area (Å²) in [6, 6.07) is -0.413. The molecule has 2 heterocycles. The second-order valence-electron chi connectivity index (χ2n) is 5.14. The molecule has 106 valence electrons. The number of aromatic nitrogens is 1. The molecule has 6 nitrogen and oxygen atoms in total. The normalized spacial score (nSPS) is 18.6. The van der Waals surface area contributed by atoms with Crippen LogP contribution in [0.1, 0.15) is 24.3 Å². The second kappa shape index (κ2) is 5.71. The molecule has 2 rings (SSSR count). The first-order valence-electron chi connectivity index (χ1n) is 6.67. The fourth-order valence-corrected chi connectivity index (χ4v) is 2.21. The van der Waals surface area contributed by atoms with Gasteiger partial charge in [-0.1, -0.05) is 0 Å². The minimum absolute atomic E-state index is 0.0301. The van der Waals surface area contributed by atoms with E-state index in [1.165, 1.54) is 0 Å². The third-order valence-electron chi connectivity index (χ3n) is 3.51. The van der Waals surface area contributed by atoms with Crippen LogP contribution >= 0.6 is 0 Å². The molecule has 0 aliphatic carbocycles. The van der Waals surface area contributed by atoms with Crippen molar-refractivity contribution in [2.45, 2.75) is 33.4 Å². The number of nitrogens with zero attached hydrogens (tertiary/aromatic N) is 3. The van der Waals surface area contributed by atoms with E-state index in [4.69, 9.17) is 10.2 Å². The Kier molecular flexibility index (Phi) is 4.21. The van der Waals surface area contributed by atoms with Gasteiger partial charge in [-0.2, -0.15) is 0 Å². The number of piperazine rings is 1. The molecule has 1 atom stereocenters. The van der Waals surface area contributed by atoms with Gasteiger partial charge >= 0.3 is 0 Å². The van der Waals surface area contributed by atoms with Crippen molar-refractivity contribution in [3.63, 3.8) is 0 Å². The van der Waals surface area contributed by atoms with Crippen LogP contribution in [-0.2, 0) is 11.3 Å². The average molecular weight is 266 g/mol. The Hall–Kier alpha value is -1.40. The van der Waals surface area contributed by atoms with Gasteiger partial charge in [-0.15, -0.1) is 0 Å². The van der Waals surface area contributed by atoms with Gasteiger partial charge in [-0.25, -0.2) is 4.98 Å². The monoisotopic (exact) mass is 266 g/mol. The largest absolute Gasteiger partial charge is 0.444 e. The Morgan fingerprint density at radius 2 is 2.00 bits per heavy atom. The minimum atomic E-state index is -0.413. The fourth-order valence-electron chi connectivity index (χ4n) is 2.21. The van der Waals surface area contributed by atoms with Crippen molar-refractivity contribution in [2.24, 2.45) is 5.73 Å². The zero-order valence-corrected chi connectivity index (χ0v) is 11.8. The van der Waals surface area contributed by atoms with Crippen molar-refractivity contribution < 1.29 is 9.21 Å². The summed E-state index contributed by atoms with van der Waals surface area (Å²) in [6.07, 6.45) is 0. The smallest absolute Gasteiger partial charge is 0.239 e. The van der Waals surface area contributed by atoms with Gasteiger partial charge < -0.3 is 15.1 Å². The van der Waals surface area contributed by atoms with E-state index in [1.807, 2.05) is 18.7 Å². The minimum Gasteiger partial charge on any atom is -0.444 e. The summed E-state index contributed by atoms with van der Waals surface area (Å²) in [7, 11) is 0. The lowest BCUT2D eigenvalue weighted by Crippen LogP contribution is -2.52. The molecule has 1 fully saturated rings. The SMILES string of the molecule is Cc1nc(CN2CCN(C(=O)[C@H](C)N)CC2)oc1C. The molecule has 1 amide bonds. The molecule has 1 aliphatic heterocycles. The molecule has 0 aromatic carbocycles. The predicted molar refractivity (Wildman–Crippen MR) is 71.5 cm³/mol. The maximum Gasteiger partial charge on any atom is 0.239 e. The van der Waals surface area contributed by atoms with Gasteiger partial charge in [0.1, 0.15) is 5.76 Å². The molecule has 1 aliphatic rings. The third kappa shape index (κ3) is 3.33. The Balaban J connectivity index is 1.85. The molecule has 0 bridgehead atoms. The van der Waals surface area contributed by atoms with Crippen molar-refractivity contribution in [1.82, 2.24) is 14.8 Å². The van der Waals surface area contributed by atoms with Crippen molar-refractivity contribution in [3.8, 4) is 0 Å². The molecular formula is C13H22N4O2. The predicted octanol–water partition coefficient (Wildman–Crippen LogP) is 0.283. The maximum atomic E-state index is 11.8. The van der Waals surface area contributed by atoms with Crippen LogP contribution in [0, 0.1) is 13.8 Å². The number of carbonyl (C=O) groups is 1. The molecule has 0 saturated carbocycles. The van der Waals surface area contributed by atoms with Crippen LogP contribution in [0.2, 0.25) is 0 Å². The van der Waals surface area contributed by atoms with Gasteiger partial charge in [0, 0.05) is 26.2 Å². The van der Waals surface area contributed by atoms with E-state index in [9.17, 15) is 4.79 Å². The summed E-state index contributed by atoms with van der Waals surface area (Å²) in [5.74, 6) is 1.66. The standard InChI is InChI=1S/C13H22N4O2/c1-9(14)13(18)17-6-4-16(5-7-17)8-12-15-10(2)11(3)19-12/h9H,4-8,14H2,1-3H3/t9-/m0/s1. The van der Waals surface area contributed by atoms with Crippen LogP contribution in [0.5, 0.6) is 0 Å². The first-order valence-corrected chi connectivity index (χ1v) is 6.67. The first kappa shape index (κ1) is 14.0. The van der Waals surface area contributed by atoms with Gasteiger partial charge in [0.15, 0.2) is 0 Å². The number of oxazole rings is 1. The first-order chi connectivity index (χ1) is 8.97. The van der Waals surface area contributed by atoms with Gasteiger partial charge in [-0.3, -0.25) is 9.69 Å². The van der Waals surface area contributed by atoms with E-state index in [0.29, 0.717) is 6.54 Å². The van der Waals surface area contributed by atoms with Gasteiger partial charge in [-0.05, 0) is 20.8 Å². The van der Waals surface area contributed by atoms with Crippen molar-refractivity contribution in [1.29, 1.82) is 0 Å². The van der Waals surface area contributed by atoms with Crippen LogP contribution in [0.25, 0.3) is 0 Å². The lowest BCUT2D eigenvalue weighted by Gasteiger charge is -2.34. The summed E-state index contributed by atoms with van der Waals surface area (Å²) in [5.41, 5.74) is 6.56. The molecule has 1 aromatic rings. The molecule has 1 aromatic heterocycles. The highest BCUT2D eigenvalue weighted by molar-refractivity contribution is 5.81. The van der Waals surface area contributed by atoms with Gasteiger partial charge in [0.05, 0.1) is 18.3 Å². The topological polar surface area (TPSA) is 75.6 Å². The summed E-state index contributed by atoms with van der Waals surface area (Å²) in [6.45, 7) is 9.41. The Morgan fingerprint density at radius 1 is 1.37 bits per heavy atom. The molecule has 0 spiro atoms. The van der Waals surface area contributed by atoms with Crippen LogP contribution in [0.4, 0.5) is 0 Å². The van der Waals surface area contributed by atoms with Crippen LogP contribution < -0.4 is 5.73 Å². The lowest BCUT2D eigenvalue weighted by atomic mass is 10.2. The number of carbonyl (C=O) groups excluding carboxylic acids is 1. The summed E-state index contributed by atoms with van der Waals surface area (Å²) >= 11 is 0. The number of hydrogen-bond donors (Lipinski definition) is 1. The van der Waals surface area contributed by atoms with Gasteiger partial charge in [0.2, 0.25) is 11.8 Å². The highest BCUT2D eigenvalue weighted by Gasteiger charge is 2.23. The number of hydrogen-bond acceptors (Lipinski definition) is 5. The summed E-state index contributed by atoms with van der Waals surface area (Å²) < 4.78 is 5.58. The second-order valence-corrected chi connectivity index (χ2v) is 5.14. The van der Waals surface area contributed by atoms with E-state index in [-0.39, 0.29) is 5.91 Å². The Labute approximate surface area is 113 Å². The van der Waals surface area contributed by atoms with Gasteiger partial charge in [0.25, 0.3) is 0 Å². The molecule has 0 unspecified atom stereocenters. The fraction of sp³-hybridized carbons (Fsp3) is 0.692. The highest BCUT2D eigenvalue weighted by Crippen LogP contribution is 2.12. The van der Waals surface area contributed by atoms with E-state index >= 15 is 0 Å². The number of nitrogens with two attached hydrogens (primary N) is 1. The van der Waals surface area contributed by atoms with E-state index in [2.05, 4.69) is 9.88 Å². The Bertz CT molecular complexity index is 428. The van der Waals surface area contributed by atoms with Crippen LogP contribution in [-0.4, -0.2) is 52.9 Å². The number of rotatable bonds is 3. The van der Waals surface area contributed by atoms with Crippen molar-refractivity contribution in [2.75, 3.05) is 26.2 Å². The third-order valence-corrected chi connectivity index (χ3v) is 3.51. The molecule has 2 N–H and O–H groups in total. The van der Waals surface area contributed by atoms with Crippen molar-refractivity contribution >= 4 is 5.91 Å². The lowest BCUT2D eigenvalue weighted by molar-refractivity contribution is -0.134. The average Bonchev–Trinajstić information content (AvgIpc) is 2.68. The van der Waals surface area contributed by atoms with E-state index in [1.54, 1.807) is 6.92 Å². The molecule has 0 radical (unpaired) electrons. The van der Waals surface area contributed by atoms with Crippen molar-refractivity contribution in [3.05, 3.63) is 17.3 Å². The van der Waals surface area contributed by atoms with E-state index in [0.717, 1.165) is 43.5 Å². The van der Waals surface area contributed by atoms with E-state index < -0.39 is 6.04 Å². The van der Waals surface area contributed by atoms with Crippen LogP contribution in [0.15, 0.2) is 4.42 Å². The number of aryl methyl sites for hydroxylation is 2. The zero-order chi connectivity index (χ0) is 14.0. The zero-order valence-electron chi connectivity index (χ0n) is 11.8. The quantitative estimate of drug-likeness (QED) is 0.850. The summed E-state index contributed by atoms with van der Waals surface area (Å²) in [4.78, 5) is 20.2. The molecular weight excluding hydrogens is 244 g/mol. The molecule has 1 saturated heterocycles. The Morgan fingerprint density at radius 3 is 2.47 bits per heavy atom. The number of amides is 1. The molecule has 19 heavy (non-hydrogen) atoms. The maximum absolute atomic E-state index is 11.8. The van der Waals surface area contributed by atoms with Crippen LogP contribution in [0.3, 0.4) is 0 Å². The summed E-state index contributed by atoms with van der Waals surface area (Å²) in [5, 5.41) is 0.